The van der Waals surface area contributed by atoms with Gasteiger partial charge in [0.2, 0.25) is 0 Å². The van der Waals surface area contributed by atoms with Crippen LogP contribution in [0.2, 0.25) is 0 Å². The van der Waals surface area contributed by atoms with E-state index >= 15 is 0 Å². The number of hydrogen-bond acceptors (Lipinski definition) is 4. The quantitative estimate of drug-likeness (QED) is 0.842. The molecule has 0 aromatic heterocycles. The van der Waals surface area contributed by atoms with E-state index in [0.717, 1.165) is 28.6 Å². The van der Waals surface area contributed by atoms with E-state index in [4.69, 9.17) is 21.7 Å². The normalized spacial score (nSPS) is 12.4. The van der Waals surface area contributed by atoms with Crippen LogP contribution in [0.3, 0.4) is 0 Å². The summed E-state index contributed by atoms with van der Waals surface area (Å²) in [6, 6.07) is 13.7. The highest BCUT2D eigenvalue weighted by atomic mass is 32.1. The van der Waals surface area contributed by atoms with Crippen molar-refractivity contribution in [3.63, 3.8) is 0 Å². The lowest BCUT2D eigenvalue weighted by molar-refractivity contribution is 0.171. The number of anilines is 3. The molecule has 0 atom stereocenters. The molecule has 0 saturated carbocycles. The van der Waals surface area contributed by atoms with Gasteiger partial charge in [0, 0.05) is 37.2 Å². The molecule has 0 aliphatic carbocycles. The van der Waals surface area contributed by atoms with Crippen LogP contribution >= 0.6 is 12.2 Å². The molecule has 2 N–H and O–H groups in total. The molecule has 1 aliphatic rings. The Hall–Kier alpha value is -2.47. The first-order valence-corrected chi connectivity index (χ1v) is 7.78. The number of fused-ring (bicyclic) bond motifs is 1. The van der Waals surface area contributed by atoms with E-state index in [2.05, 4.69) is 15.5 Å². The van der Waals surface area contributed by atoms with Gasteiger partial charge in [-0.05, 0) is 48.6 Å². The lowest BCUT2D eigenvalue weighted by Gasteiger charge is -2.19. The maximum absolute atomic E-state index is 5.57. The minimum Gasteiger partial charge on any atom is -0.486 e. The van der Waals surface area contributed by atoms with E-state index in [1.54, 1.807) is 0 Å². The summed E-state index contributed by atoms with van der Waals surface area (Å²) >= 11 is 5.35. The molecule has 2 aromatic rings. The smallest absolute Gasteiger partial charge is 0.175 e. The van der Waals surface area contributed by atoms with E-state index in [9.17, 15) is 0 Å². The zero-order chi connectivity index (χ0) is 16.2. The largest absolute Gasteiger partial charge is 0.486 e. The first-order valence-electron chi connectivity index (χ1n) is 7.37. The Morgan fingerprint density at radius 2 is 1.52 bits per heavy atom. The Kier molecular flexibility index (Phi) is 4.52. The third kappa shape index (κ3) is 3.84. The number of rotatable bonds is 3. The van der Waals surface area contributed by atoms with Crippen LogP contribution < -0.4 is 25.0 Å². The molecule has 0 saturated heterocycles. The van der Waals surface area contributed by atoms with Gasteiger partial charge in [-0.1, -0.05) is 0 Å². The van der Waals surface area contributed by atoms with Crippen molar-refractivity contribution in [3.05, 3.63) is 42.5 Å². The summed E-state index contributed by atoms with van der Waals surface area (Å²) in [7, 11) is 4.02. The van der Waals surface area contributed by atoms with Crippen LogP contribution in [0.5, 0.6) is 11.5 Å². The van der Waals surface area contributed by atoms with E-state index in [-0.39, 0.29) is 0 Å². The van der Waals surface area contributed by atoms with Crippen LogP contribution in [0.15, 0.2) is 42.5 Å². The topological polar surface area (TPSA) is 45.8 Å². The van der Waals surface area contributed by atoms with E-state index in [1.807, 2.05) is 56.6 Å². The molecule has 0 amide bonds. The van der Waals surface area contributed by atoms with Crippen LogP contribution in [-0.4, -0.2) is 32.4 Å². The van der Waals surface area contributed by atoms with Crippen molar-refractivity contribution in [2.75, 3.05) is 42.8 Å². The summed E-state index contributed by atoms with van der Waals surface area (Å²) in [5.41, 5.74) is 2.93. The highest BCUT2D eigenvalue weighted by Gasteiger charge is 2.12. The van der Waals surface area contributed by atoms with Crippen LogP contribution in [-0.2, 0) is 0 Å². The minimum atomic E-state index is 0.527. The third-order valence-corrected chi connectivity index (χ3v) is 3.65. The molecule has 23 heavy (non-hydrogen) atoms. The standard InChI is InChI=1S/C17H19N3O2S/c1-20(2)14-6-3-12(4-7-14)18-17(23)19-13-5-8-15-16(11-13)22-10-9-21-15/h3-8,11H,9-10H2,1-2H3,(H2,18,19,23). The third-order valence-electron chi connectivity index (χ3n) is 3.44. The van der Waals surface area contributed by atoms with Gasteiger partial charge in [0.05, 0.1) is 0 Å². The minimum absolute atomic E-state index is 0.527. The van der Waals surface area contributed by atoms with Gasteiger partial charge >= 0.3 is 0 Å². The van der Waals surface area contributed by atoms with E-state index in [0.29, 0.717) is 18.3 Å². The molecule has 120 valence electrons. The molecule has 0 spiro atoms. The van der Waals surface area contributed by atoms with Gasteiger partial charge in [-0.2, -0.15) is 0 Å². The molecular formula is C17H19N3O2S. The fraction of sp³-hybridized carbons (Fsp3) is 0.235. The maximum atomic E-state index is 5.57. The van der Waals surface area contributed by atoms with Crippen LogP contribution in [0.1, 0.15) is 0 Å². The van der Waals surface area contributed by atoms with Gasteiger partial charge in [0.25, 0.3) is 0 Å². The van der Waals surface area contributed by atoms with E-state index in [1.165, 1.54) is 0 Å². The van der Waals surface area contributed by atoms with Crippen LogP contribution in [0.25, 0.3) is 0 Å². The van der Waals surface area contributed by atoms with Crippen molar-refractivity contribution in [1.82, 2.24) is 0 Å². The average Bonchev–Trinajstić information content (AvgIpc) is 2.55. The highest BCUT2D eigenvalue weighted by molar-refractivity contribution is 7.80. The fourth-order valence-electron chi connectivity index (χ4n) is 2.26. The van der Waals surface area contributed by atoms with Crippen molar-refractivity contribution in [1.29, 1.82) is 0 Å². The molecule has 1 aliphatic heterocycles. The van der Waals surface area contributed by atoms with Crippen molar-refractivity contribution in [3.8, 4) is 11.5 Å². The average molecular weight is 329 g/mol. The zero-order valence-electron chi connectivity index (χ0n) is 13.1. The summed E-state index contributed by atoms with van der Waals surface area (Å²) in [5.74, 6) is 1.50. The second-order valence-corrected chi connectivity index (χ2v) is 5.79. The van der Waals surface area contributed by atoms with Crippen LogP contribution in [0, 0.1) is 0 Å². The van der Waals surface area contributed by atoms with Gasteiger partial charge in [-0.15, -0.1) is 0 Å². The molecule has 1 heterocycles. The molecule has 6 heteroatoms. The molecule has 0 radical (unpaired) electrons. The molecular weight excluding hydrogens is 310 g/mol. The Bertz CT molecular complexity index is 701. The SMILES string of the molecule is CN(C)c1ccc(NC(=S)Nc2ccc3c(c2)OCCO3)cc1. The second-order valence-electron chi connectivity index (χ2n) is 5.38. The van der Waals surface area contributed by atoms with Crippen molar-refractivity contribution in [2.45, 2.75) is 0 Å². The lowest BCUT2D eigenvalue weighted by atomic mass is 10.2. The monoisotopic (exact) mass is 329 g/mol. The number of nitrogens with zero attached hydrogens (tertiary/aromatic N) is 1. The summed E-state index contributed by atoms with van der Waals surface area (Å²) in [6.45, 7) is 1.15. The van der Waals surface area contributed by atoms with Crippen LogP contribution in [0.4, 0.5) is 17.1 Å². The Labute approximate surface area is 141 Å². The molecule has 0 unspecified atom stereocenters. The zero-order valence-corrected chi connectivity index (χ0v) is 13.9. The molecule has 3 rings (SSSR count). The number of thiocarbonyl (C=S) groups is 1. The predicted molar refractivity (Wildman–Crippen MR) is 98.0 cm³/mol. The first-order chi connectivity index (χ1) is 11.1. The predicted octanol–water partition coefficient (Wildman–Crippen LogP) is 3.33. The van der Waals surface area contributed by atoms with Gasteiger partial charge in [-0.25, -0.2) is 0 Å². The molecule has 0 bridgehead atoms. The summed E-state index contributed by atoms with van der Waals surface area (Å²) in [4.78, 5) is 2.05. The number of ether oxygens (including phenoxy) is 2. The first kappa shape index (κ1) is 15.4. The molecule has 2 aromatic carbocycles. The van der Waals surface area contributed by atoms with Gasteiger partial charge < -0.3 is 25.0 Å². The second kappa shape index (κ2) is 6.75. The molecule has 5 nitrogen and oxygen atoms in total. The number of hydrogen-bond donors (Lipinski definition) is 2. The number of benzene rings is 2. The Morgan fingerprint density at radius 3 is 2.22 bits per heavy atom. The Balaban J connectivity index is 1.63. The summed E-state index contributed by atoms with van der Waals surface area (Å²) in [5, 5.41) is 6.85. The van der Waals surface area contributed by atoms with Gasteiger partial charge in [-0.3, -0.25) is 0 Å². The van der Waals surface area contributed by atoms with Crippen molar-refractivity contribution >= 4 is 34.4 Å². The van der Waals surface area contributed by atoms with Gasteiger partial charge in [0.15, 0.2) is 16.6 Å². The van der Waals surface area contributed by atoms with Gasteiger partial charge in [0.1, 0.15) is 13.2 Å². The van der Waals surface area contributed by atoms with E-state index < -0.39 is 0 Å². The van der Waals surface area contributed by atoms with Crippen molar-refractivity contribution in [2.24, 2.45) is 0 Å². The lowest BCUT2D eigenvalue weighted by Crippen LogP contribution is -2.20. The maximum Gasteiger partial charge on any atom is 0.175 e. The Morgan fingerprint density at radius 1 is 0.913 bits per heavy atom. The fourth-order valence-corrected chi connectivity index (χ4v) is 2.49. The number of nitrogens with one attached hydrogen (secondary N) is 2. The summed E-state index contributed by atoms with van der Waals surface area (Å²) < 4.78 is 11.1. The highest BCUT2D eigenvalue weighted by Crippen LogP contribution is 2.32. The summed E-state index contributed by atoms with van der Waals surface area (Å²) in [6.07, 6.45) is 0. The molecule has 0 fully saturated rings. The van der Waals surface area contributed by atoms with Crippen molar-refractivity contribution < 1.29 is 9.47 Å².